The van der Waals surface area contributed by atoms with E-state index in [4.69, 9.17) is 12.2 Å². The van der Waals surface area contributed by atoms with E-state index in [0.29, 0.717) is 10.6 Å². The Hall–Kier alpha value is -1.59. The van der Waals surface area contributed by atoms with Crippen LogP contribution in [0.1, 0.15) is 24.5 Å². The maximum absolute atomic E-state index is 5.37. The molecule has 5 heteroatoms. The number of nitrogens with zero attached hydrogens (tertiary/aromatic N) is 2. The van der Waals surface area contributed by atoms with Crippen LogP contribution in [0.25, 0.3) is 22.4 Å². The zero-order chi connectivity index (χ0) is 14.4. The Morgan fingerprint density at radius 1 is 1.10 bits per heavy atom. The monoisotopic (exact) mass is 357 g/mol. The number of hydrogen-bond donors (Lipinski definition) is 1. The Kier molecular flexibility index (Phi) is 3.12. The first-order valence-corrected chi connectivity index (χ1v) is 8.08. The van der Waals surface area contributed by atoms with Crippen LogP contribution in [0.15, 0.2) is 40.9 Å². The van der Waals surface area contributed by atoms with Crippen molar-refractivity contribution in [2.45, 2.75) is 18.8 Å². The number of rotatable bonds is 2. The molecule has 2 heterocycles. The fourth-order valence-electron chi connectivity index (χ4n) is 2.45. The van der Waals surface area contributed by atoms with Gasteiger partial charge in [0.1, 0.15) is 10.3 Å². The van der Waals surface area contributed by atoms with Crippen LogP contribution >= 0.6 is 28.1 Å². The van der Waals surface area contributed by atoms with Crippen molar-refractivity contribution in [3.05, 3.63) is 51.2 Å². The fourth-order valence-corrected chi connectivity index (χ4v) is 3.16. The molecule has 104 valence electrons. The van der Waals surface area contributed by atoms with Crippen molar-refractivity contribution in [3.63, 3.8) is 0 Å². The average Bonchev–Trinajstić information content (AvgIpc) is 3.34. The summed E-state index contributed by atoms with van der Waals surface area (Å²) in [6.45, 7) is 0. The number of aromatic nitrogens is 3. The van der Waals surface area contributed by atoms with Crippen LogP contribution in [0.3, 0.4) is 0 Å². The van der Waals surface area contributed by atoms with Gasteiger partial charge in [-0.2, -0.15) is 0 Å². The van der Waals surface area contributed by atoms with Gasteiger partial charge in [0, 0.05) is 17.0 Å². The van der Waals surface area contributed by atoms with E-state index in [1.54, 1.807) is 0 Å². The molecule has 4 rings (SSSR count). The van der Waals surface area contributed by atoms with Crippen molar-refractivity contribution in [2.24, 2.45) is 0 Å². The standard InChI is InChI=1S/C16H12BrN3S/c17-13-14(10-5-6-10)19-15(20-16(13)21)12-8-7-9-3-1-2-4-11(9)18-12/h1-4,7-8,10H,5-6H2,(H,19,20,21). The maximum Gasteiger partial charge on any atom is 0.157 e. The zero-order valence-corrected chi connectivity index (χ0v) is 13.5. The molecule has 0 saturated heterocycles. The third-order valence-electron chi connectivity index (χ3n) is 3.72. The van der Waals surface area contributed by atoms with Gasteiger partial charge in [-0.3, -0.25) is 0 Å². The quantitative estimate of drug-likeness (QED) is 0.656. The van der Waals surface area contributed by atoms with Crippen molar-refractivity contribution in [2.75, 3.05) is 0 Å². The van der Waals surface area contributed by atoms with Gasteiger partial charge >= 0.3 is 0 Å². The summed E-state index contributed by atoms with van der Waals surface area (Å²) in [5.41, 5.74) is 2.95. The molecule has 0 bridgehead atoms. The summed E-state index contributed by atoms with van der Waals surface area (Å²) in [6, 6.07) is 12.1. The summed E-state index contributed by atoms with van der Waals surface area (Å²) < 4.78 is 1.52. The van der Waals surface area contributed by atoms with Crippen molar-refractivity contribution >= 4 is 39.1 Å². The second kappa shape index (κ2) is 5.00. The highest BCUT2D eigenvalue weighted by Crippen LogP contribution is 2.42. The van der Waals surface area contributed by atoms with Crippen molar-refractivity contribution in [1.29, 1.82) is 0 Å². The van der Waals surface area contributed by atoms with E-state index in [1.165, 1.54) is 12.8 Å². The molecule has 1 aliphatic rings. The second-order valence-electron chi connectivity index (χ2n) is 5.28. The number of H-pyrrole nitrogens is 1. The lowest BCUT2D eigenvalue weighted by atomic mass is 10.2. The Morgan fingerprint density at radius 3 is 2.71 bits per heavy atom. The van der Waals surface area contributed by atoms with Crippen molar-refractivity contribution in [1.82, 2.24) is 15.0 Å². The summed E-state index contributed by atoms with van der Waals surface area (Å²) in [4.78, 5) is 12.6. The molecule has 1 aliphatic carbocycles. The highest BCUT2D eigenvalue weighted by Gasteiger charge is 2.27. The fraction of sp³-hybridized carbons (Fsp3) is 0.188. The summed E-state index contributed by atoms with van der Waals surface area (Å²) in [5, 5.41) is 1.12. The summed E-state index contributed by atoms with van der Waals surface area (Å²) >= 11 is 8.91. The number of para-hydroxylation sites is 1. The maximum atomic E-state index is 5.37. The lowest BCUT2D eigenvalue weighted by molar-refractivity contribution is 0.968. The number of aromatic amines is 1. The first-order valence-electron chi connectivity index (χ1n) is 6.88. The minimum atomic E-state index is 0.572. The largest absolute Gasteiger partial charge is 0.341 e. The van der Waals surface area contributed by atoms with Crippen LogP contribution in [0, 0.1) is 4.64 Å². The molecular weight excluding hydrogens is 346 g/mol. The van der Waals surface area contributed by atoms with Crippen LogP contribution in [0.5, 0.6) is 0 Å². The van der Waals surface area contributed by atoms with E-state index < -0.39 is 0 Å². The van der Waals surface area contributed by atoms with Crippen LogP contribution < -0.4 is 0 Å². The SMILES string of the molecule is S=c1nc(-c2ccc3ccccc3n2)[nH]c(C2CC2)c1Br. The molecule has 0 radical (unpaired) electrons. The Bertz CT molecular complexity index is 899. The molecule has 1 saturated carbocycles. The minimum Gasteiger partial charge on any atom is -0.341 e. The van der Waals surface area contributed by atoms with E-state index in [2.05, 4.69) is 43.0 Å². The molecule has 0 spiro atoms. The second-order valence-corrected chi connectivity index (χ2v) is 6.46. The average molecular weight is 358 g/mol. The molecule has 0 aliphatic heterocycles. The van der Waals surface area contributed by atoms with E-state index in [1.807, 2.05) is 24.3 Å². The zero-order valence-electron chi connectivity index (χ0n) is 11.1. The van der Waals surface area contributed by atoms with Crippen LogP contribution in [0.2, 0.25) is 0 Å². The molecule has 0 unspecified atom stereocenters. The number of fused-ring (bicyclic) bond motifs is 1. The number of nitrogens with one attached hydrogen (secondary N) is 1. The summed E-state index contributed by atoms with van der Waals surface area (Å²) in [7, 11) is 0. The van der Waals surface area contributed by atoms with Gasteiger partial charge < -0.3 is 4.98 Å². The van der Waals surface area contributed by atoms with Gasteiger partial charge in [-0.25, -0.2) is 9.97 Å². The molecule has 1 N–H and O–H groups in total. The van der Waals surface area contributed by atoms with E-state index in [-0.39, 0.29) is 0 Å². The van der Waals surface area contributed by atoms with Gasteiger partial charge in [0.15, 0.2) is 5.82 Å². The Balaban J connectivity index is 1.89. The van der Waals surface area contributed by atoms with Gasteiger partial charge in [-0.05, 0) is 40.9 Å². The van der Waals surface area contributed by atoms with Crippen LogP contribution in [-0.2, 0) is 0 Å². The third-order valence-corrected chi connectivity index (χ3v) is 5.08. The van der Waals surface area contributed by atoms with Gasteiger partial charge in [0.2, 0.25) is 0 Å². The Labute approximate surface area is 135 Å². The predicted octanol–water partition coefficient (Wildman–Crippen LogP) is 4.99. The lowest BCUT2D eigenvalue weighted by Gasteiger charge is -2.08. The molecule has 21 heavy (non-hydrogen) atoms. The van der Waals surface area contributed by atoms with E-state index >= 15 is 0 Å². The number of benzene rings is 1. The molecule has 1 aromatic carbocycles. The third kappa shape index (κ3) is 2.40. The van der Waals surface area contributed by atoms with Gasteiger partial charge in [0.05, 0.1) is 9.99 Å². The minimum absolute atomic E-state index is 0.572. The van der Waals surface area contributed by atoms with Gasteiger partial charge in [-0.15, -0.1) is 0 Å². The molecule has 3 aromatic rings. The lowest BCUT2D eigenvalue weighted by Crippen LogP contribution is -1.98. The number of hydrogen-bond acceptors (Lipinski definition) is 3. The Morgan fingerprint density at radius 2 is 1.90 bits per heavy atom. The van der Waals surface area contributed by atoms with Crippen LogP contribution in [-0.4, -0.2) is 15.0 Å². The van der Waals surface area contributed by atoms with E-state index in [9.17, 15) is 0 Å². The number of halogens is 1. The molecule has 1 fully saturated rings. The van der Waals surface area contributed by atoms with Gasteiger partial charge in [0.25, 0.3) is 0 Å². The number of pyridine rings is 1. The smallest absolute Gasteiger partial charge is 0.157 e. The molecule has 2 aromatic heterocycles. The van der Waals surface area contributed by atoms with Crippen molar-refractivity contribution < 1.29 is 0 Å². The molecule has 3 nitrogen and oxygen atoms in total. The topological polar surface area (TPSA) is 41.6 Å². The molecular formula is C16H12BrN3S. The highest BCUT2D eigenvalue weighted by molar-refractivity contribution is 9.10. The first kappa shape index (κ1) is 13.1. The van der Waals surface area contributed by atoms with E-state index in [0.717, 1.165) is 32.6 Å². The molecule has 0 amide bonds. The van der Waals surface area contributed by atoms with Gasteiger partial charge in [-0.1, -0.05) is 36.5 Å². The van der Waals surface area contributed by atoms with Crippen molar-refractivity contribution in [3.8, 4) is 11.5 Å². The first-order chi connectivity index (χ1) is 10.2. The van der Waals surface area contributed by atoms with Crippen LogP contribution in [0.4, 0.5) is 0 Å². The highest BCUT2D eigenvalue weighted by atomic mass is 79.9. The summed E-state index contributed by atoms with van der Waals surface area (Å²) in [5.74, 6) is 1.32. The molecule has 0 atom stereocenters. The normalized spacial score (nSPS) is 14.5. The summed E-state index contributed by atoms with van der Waals surface area (Å²) in [6.07, 6.45) is 2.41. The predicted molar refractivity (Wildman–Crippen MR) is 89.8 cm³/mol.